The molecule has 1 aromatic rings. The van der Waals surface area contributed by atoms with Gasteiger partial charge in [-0.3, -0.25) is 4.79 Å². The SMILES string of the molecule is CO[C@H](CNC(=O)[C@H]1C[C@@H]1C)c1ccc(Cl)cc1. The van der Waals surface area contributed by atoms with E-state index < -0.39 is 0 Å². The van der Waals surface area contributed by atoms with Crippen molar-refractivity contribution in [3.8, 4) is 0 Å². The van der Waals surface area contributed by atoms with Crippen molar-refractivity contribution < 1.29 is 9.53 Å². The molecule has 98 valence electrons. The molecule has 18 heavy (non-hydrogen) atoms. The van der Waals surface area contributed by atoms with Crippen molar-refractivity contribution in [2.24, 2.45) is 11.8 Å². The van der Waals surface area contributed by atoms with Gasteiger partial charge < -0.3 is 10.1 Å². The van der Waals surface area contributed by atoms with Gasteiger partial charge in [-0.25, -0.2) is 0 Å². The minimum absolute atomic E-state index is 0.125. The summed E-state index contributed by atoms with van der Waals surface area (Å²) in [6.45, 7) is 2.59. The van der Waals surface area contributed by atoms with Crippen LogP contribution in [-0.2, 0) is 9.53 Å². The Kier molecular flexibility index (Phi) is 4.25. The van der Waals surface area contributed by atoms with Crippen LogP contribution in [0.5, 0.6) is 0 Å². The number of methoxy groups -OCH3 is 1. The topological polar surface area (TPSA) is 38.3 Å². The van der Waals surface area contributed by atoms with Crippen molar-refractivity contribution in [3.05, 3.63) is 34.9 Å². The summed E-state index contributed by atoms with van der Waals surface area (Å²) >= 11 is 5.84. The zero-order valence-electron chi connectivity index (χ0n) is 10.7. The van der Waals surface area contributed by atoms with Gasteiger partial charge in [0.05, 0.1) is 6.10 Å². The van der Waals surface area contributed by atoms with E-state index in [9.17, 15) is 4.79 Å². The highest BCUT2D eigenvalue weighted by atomic mass is 35.5. The second-order valence-corrected chi connectivity index (χ2v) is 5.28. The second-order valence-electron chi connectivity index (χ2n) is 4.84. The lowest BCUT2D eigenvalue weighted by atomic mass is 10.1. The van der Waals surface area contributed by atoms with Gasteiger partial charge in [-0.05, 0) is 30.0 Å². The van der Waals surface area contributed by atoms with Gasteiger partial charge in [0.25, 0.3) is 0 Å². The summed E-state index contributed by atoms with van der Waals surface area (Å²) in [4.78, 5) is 11.7. The Morgan fingerprint density at radius 3 is 2.61 bits per heavy atom. The molecule has 0 saturated heterocycles. The molecule has 1 fully saturated rings. The zero-order chi connectivity index (χ0) is 13.1. The number of amides is 1. The smallest absolute Gasteiger partial charge is 0.223 e. The Labute approximate surface area is 112 Å². The van der Waals surface area contributed by atoms with Gasteiger partial charge in [0, 0.05) is 24.6 Å². The highest BCUT2D eigenvalue weighted by Gasteiger charge is 2.39. The van der Waals surface area contributed by atoms with E-state index in [0.29, 0.717) is 17.5 Å². The predicted molar refractivity (Wildman–Crippen MR) is 71.5 cm³/mol. The average Bonchev–Trinajstić information content (AvgIpc) is 3.09. The van der Waals surface area contributed by atoms with Gasteiger partial charge in [-0.2, -0.15) is 0 Å². The van der Waals surface area contributed by atoms with Gasteiger partial charge in [0.15, 0.2) is 0 Å². The van der Waals surface area contributed by atoms with Crippen LogP contribution < -0.4 is 5.32 Å². The molecule has 1 aliphatic carbocycles. The van der Waals surface area contributed by atoms with Gasteiger partial charge in [-0.1, -0.05) is 30.7 Å². The summed E-state index contributed by atoms with van der Waals surface area (Å²) in [6.07, 6.45) is 0.880. The molecule has 0 spiro atoms. The maximum atomic E-state index is 11.7. The quantitative estimate of drug-likeness (QED) is 0.891. The molecule has 3 nitrogen and oxygen atoms in total. The van der Waals surface area contributed by atoms with Crippen LogP contribution in [0.25, 0.3) is 0 Å². The number of hydrogen-bond acceptors (Lipinski definition) is 2. The Balaban J connectivity index is 1.89. The van der Waals surface area contributed by atoms with Crippen LogP contribution in [0.15, 0.2) is 24.3 Å². The number of benzene rings is 1. The molecule has 3 atom stereocenters. The molecule has 0 radical (unpaired) electrons. The molecule has 2 rings (SSSR count). The van der Waals surface area contributed by atoms with Gasteiger partial charge in [-0.15, -0.1) is 0 Å². The second kappa shape index (κ2) is 5.72. The van der Waals surface area contributed by atoms with Crippen LogP contribution in [0, 0.1) is 11.8 Å². The summed E-state index contributed by atoms with van der Waals surface area (Å²) in [5.74, 6) is 0.868. The Hall–Kier alpha value is -1.06. The molecule has 0 unspecified atom stereocenters. The van der Waals surface area contributed by atoms with Crippen LogP contribution >= 0.6 is 11.6 Å². The third-order valence-electron chi connectivity index (χ3n) is 3.43. The number of hydrogen-bond donors (Lipinski definition) is 1. The minimum Gasteiger partial charge on any atom is -0.375 e. The first kappa shape index (κ1) is 13.4. The van der Waals surface area contributed by atoms with E-state index in [1.54, 1.807) is 7.11 Å². The van der Waals surface area contributed by atoms with Crippen molar-refractivity contribution in [2.45, 2.75) is 19.4 Å². The fourth-order valence-electron chi connectivity index (χ4n) is 2.03. The summed E-state index contributed by atoms with van der Waals surface area (Å²) in [5.41, 5.74) is 1.02. The van der Waals surface area contributed by atoms with Gasteiger partial charge in [0.2, 0.25) is 5.91 Å². The highest BCUT2D eigenvalue weighted by Crippen LogP contribution is 2.37. The summed E-state index contributed by atoms with van der Waals surface area (Å²) in [7, 11) is 1.64. The lowest BCUT2D eigenvalue weighted by Crippen LogP contribution is -2.30. The van der Waals surface area contributed by atoms with Gasteiger partial charge >= 0.3 is 0 Å². The molecule has 1 amide bonds. The predicted octanol–water partition coefficient (Wildman–Crippen LogP) is 2.80. The minimum atomic E-state index is -0.125. The first-order valence-corrected chi connectivity index (χ1v) is 6.55. The molecule has 4 heteroatoms. The standard InChI is InChI=1S/C14H18ClNO2/c1-9-7-12(9)14(17)16-8-13(18-2)10-3-5-11(15)6-4-10/h3-6,9,12-13H,7-8H2,1-2H3,(H,16,17)/t9-,12-,13+/m0/s1. The Morgan fingerprint density at radius 2 is 2.11 bits per heavy atom. The molecule has 1 aliphatic rings. The van der Waals surface area contributed by atoms with Crippen LogP contribution in [0.4, 0.5) is 0 Å². The third-order valence-corrected chi connectivity index (χ3v) is 3.69. The van der Waals surface area contributed by atoms with Crippen molar-refractivity contribution in [2.75, 3.05) is 13.7 Å². The van der Waals surface area contributed by atoms with E-state index in [-0.39, 0.29) is 17.9 Å². The van der Waals surface area contributed by atoms with Crippen LogP contribution in [0.3, 0.4) is 0 Å². The van der Waals surface area contributed by atoms with Gasteiger partial charge in [0.1, 0.15) is 0 Å². The molecular formula is C14H18ClNO2. The van der Waals surface area contributed by atoms with Crippen LogP contribution in [0.1, 0.15) is 25.0 Å². The normalized spacial score (nSPS) is 23.5. The van der Waals surface area contributed by atoms with Crippen molar-refractivity contribution in [1.82, 2.24) is 5.32 Å². The molecule has 0 aliphatic heterocycles. The number of carbonyl (C=O) groups excluding carboxylic acids is 1. The maximum Gasteiger partial charge on any atom is 0.223 e. The number of ether oxygens (including phenoxy) is 1. The summed E-state index contributed by atoms with van der Waals surface area (Å²) in [5, 5.41) is 3.64. The maximum absolute atomic E-state index is 11.7. The largest absolute Gasteiger partial charge is 0.375 e. The monoisotopic (exact) mass is 267 g/mol. The van der Waals surface area contributed by atoms with Crippen molar-refractivity contribution in [3.63, 3.8) is 0 Å². The molecule has 1 saturated carbocycles. The first-order chi connectivity index (χ1) is 8.61. The average molecular weight is 268 g/mol. The number of halogens is 1. The summed E-state index contributed by atoms with van der Waals surface area (Å²) < 4.78 is 5.40. The molecular weight excluding hydrogens is 250 g/mol. The Morgan fingerprint density at radius 1 is 1.50 bits per heavy atom. The number of carbonyl (C=O) groups is 1. The molecule has 1 N–H and O–H groups in total. The number of nitrogens with one attached hydrogen (secondary N) is 1. The molecule has 0 aromatic heterocycles. The molecule has 1 aromatic carbocycles. The zero-order valence-corrected chi connectivity index (χ0v) is 11.4. The van der Waals surface area contributed by atoms with Crippen LogP contribution in [0.2, 0.25) is 5.02 Å². The van der Waals surface area contributed by atoms with Crippen LogP contribution in [-0.4, -0.2) is 19.6 Å². The van der Waals surface area contributed by atoms with E-state index in [4.69, 9.17) is 16.3 Å². The van der Waals surface area contributed by atoms with E-state index in [2.05, 4.69) is 12.2 Å². The van der Waals surface area contributed by atoms with E-state index >= 15 is 0 Å². The molecule has 0 bridgehead atoms. The first-order valence-electron chi connectivity index (χ1n) is 6.17. The highest BCUT2D eigenvalue weighted by molar-refractivity contribution is 6.30. The fourth-order valence-corrected chi connectivity index (χ4v) is 2.15. The number of rotatable bonds is 5. The van der Waals surface area contributed by atoms with E-state index in [1.165, 1.54) is 0 Å². The van der Waals surface area contributed by atoms with Crippen molar-refractivity contribution >= 4 is 17.5 Å². The van der Waals surface area contributed by atoms with Crippen molar-refractivity contribution in [1.29, 1.82) is 0 Å². The fraction of sp³-hybridized carbons (Fsp3) is 0.500. The van der Waals surface area contributed by atoms with E-state index in [0.717, 1.165) is 12.0 Å². The van der Waals surface area contributed by atoms with E-state index in [1.807, 2.05) is 24.3 Å². The lowest BCUT2D eigenvalue weighted by Gasteiger charge is -2.16. The molecule has 0 heterocycles. The summed E-state index contributed by atoms with van der Waals surface area (Å²) in [6, 6.07) is 7.49. The lowest BCUT2D eigenvalue weighted by molar-refractivity contribution is -0.123. The Bertz CT molecular complexity index is 418. The third kappa shape index (κ3) is 3.24.